The van der Waals surface area contributed by atoms with Gasteiger partial charge in [-0.1, -0.05) is 19.9 Å². The maximum Gasteiger partial charge on any atom is 0.333 e. The summed E-state index contributed by atoms with van der Waals surface area (Å²) in [6.07, 6.45) is 0.537. The first-order chi connectivity index (χ1) is 9.24. The molecular weight excluding hydrogens is 282 g/mol. The molecule has 0 spiro atoms. The Morgan fingerprint density at radius 1 is 1.30 bits per heavy atom. The second-order valence-electron chi connectivity index (χ2n) is 5.16. The summed E-state index contributed by atoms with van der Waals surface area (Å²) in [6.45, 7) is 3.92. The van der Waals surface area contributed by atoms with Crippen molar-refractivity contribution in [2.75, 3.05) is 0 Å². The van der Waals surface area contributed by atoms with Gasteiger partial charge in [0.2, 0.25) is 0 Å². The van der Waals surface area contributed by atoms with Crippen LogP contribution in [0.2, 0.25) is 0 Å². The molecule has 0 saturated carbocycles. The minimum Gasteiger partial charge on any atom is -0.481 e. The summed E-state index contributed by atoms with van der Waals surface area (Å²) in [5.41, 5.74) is 1.21. The van der Waals surface area contributed by atoms with E-state index in [2.05, 4.69) is 4.72 Å². The number of hydrogen-bond donors (Lipinski definition) is 3. The molecule has 1 aromatic heterocycles. The lowest BCUT2D eigenvalue weighted by Gasteiger charge is -2.19. The van der Waals surface area contributed by atoms with Gasteiger partial charge in [0.05, 0.1) is 0 Å². The molecule has 1 unspecified atom stereocenters. The third-order valence-corrected chi connectivity index (χ3v) is 3.51. The SMILES string of the molecule is CC(C)CC(NS(=O)(=O)O)c1ccc2oc(O)cc2c1. The van der Waals surface area contributed by atoms with Crippen LogP contribution in [0.1, 0.15) is 31.9 Å². The van der Waals surface area contributed by atoms with Crippen LogP contribution in [0.5, 0.6) is 5.95 Å². The maximum absolute atomic E-state index is 11.1. The summed E-state index contributed by atoms with van der Waals surface area (Å²) in [7, 11) is -4.29. The summed E-state index contributed by atoms with van der Waals surface area (Å²) in [5.74, 6) is 0.0444. The van der Waals surface area contributed by atoms with Crippen LogP contribution in [0.15, 0.2) is 28.7 Å². The molecule has 20 heavy (non-hydrogen) atoms. The standard InChI is InChI=1S/C13H17NO5S/c1-8(2)5-11(14-20(16,17)18)9-3-4-12-10(6-9)7-13(15)19-12/h3-4,6-8,11,14-15H,5H2,1-2H3,(H,16,17,18). The van der Waals surface area contributed by atoms with Crippen molar-refractivity contribution in [1.29, 1.82) is 0 Å². The van der Waals surface area contributed by atoms with Gasteiger partial charge in [-0.05, 0) is 30.0 Å². The number of rotatable bonds is 5. The highest BCUT2D eigenvalue weighted by Gasteiger charge is 2.19. The Morgan fingerprint density at radius 2 is 2.00 bits per heavy atom. The minimum absolute atomic E-state index is 0.194. The molecule has 1 atom stereocenters. The van der Waals surface area contributed by atoms with Crippen LogP contribution in [0, 0.1) is 5.92 Å². The molecule has 1 aromatic carbocycles. The van der Waals surface area contributed by atoms with Crippen LogP contribution in [0.25, 0.3) is 11.0 Å². The zero-order chi connectivity index (χ0) is 14.9. The van der Waals surface area contributed by atoms with E-state index in [-0.39, 0.29) is 11.9 Å². The predicted molar refractivity (Wildman–Crippen MR) is 74.8 cm³/mol. The maximum atomic E-state index is 11.1. The molecule has 2 rings (SSSR count). The van der Waals surface area contributed by atoms with Crippen molar-refractivity contribution in [2.24, 2.45) is 5.92 Å². The number of aromatic hydroxyl groups is 1. The fraction of sp³-hybridized carbons (Fsp3) is 0.385. The van der Waals surface area contributed by atoms with Gasteiger partial charge in [-0.3, -0.25) is 4.55 Å². The molecule has 0 amide bonds. The van der Waals surface area contributed by atoms with Crippen molar-refractivity contribution in [2.45, 2.75) is 26.3 Å². The molecule has 0 bridgehead atoms. The molecule has 0 aliphatic heterocycles. The average Bonchev–Trinajstić information content (AvgIpc) is 2.64. The molecule has 110 valence electrons. The zero-order valence-electron chi connectivity index (χ0n) is 11.2. The molecule has 7 heteroatoms. The lowest BCUT2D eigenvalue weighted by atomic mass is 9.97. The fourth-order valence-corrected chi connectivity index (χ4v) is 2.76. The molecular formula is C13H17NO5S. The van der Waals surface area contributed by atoms with Crippen molar-refractivity contribution in [3.63, 3.8) is 0 Å². The average molecular weight is 299 g/mol. The molecule has 6 nitrogen and oxygen atoms in total. The summed E-state index contributed by atoms with van der Waals surface area (Å²) < 4.78 is 38.3. The fourth-order valence-electron chi connectivity index (χ4n) is 2.17. The third kappa shape index (κ3) is 3.72. The van der Waals surface area contributed by atoms with E-state index in [1.807, 2.05) is 13.8 Å². The number of fused-ring (bicyclic) bond motifs is 1. The smallest absolute Gasteiger partial charge is 0.333 e. The van der Waals surface area contributed by atoms with Crippen LogP contribution >= 0.6 is 0 Å². The largest absolute Gasteiger partial charge is 0.481 e. The van der Waals surface area contributed by atoms with E-state index in [0.29, 0.717) is 23.0 Å². The van der Waals surface area contributed by atoms with Gasteiger partial charge in [-0.2, -0.15) is 13.1 Å². The van der Waals surface area contributed by atoms with Crippen molar-refractivity contribution in [1.82, 2.24) is 4.72 Å². The van der Waals surface area contributed by atoms with Crippen molar-refractivity contribution >= 4 is 21.3 Å². The highest BCUT2D eigenvalue weighted by molar-refractivity contribution is 7.83. The van der Waals surface area contributed by atoms with Gasteiger partial charge in [0.25, 0.3) is 5.95 Å². The van der Waals surface area contributed by atoms with Gasteiger partial charge in [0.1, 0.15) is 5.58 Å². The molecule has 0 saturated heterocycles. The third-order valence-electron chi connectivity index (χ3n) is 2.93. The summed E-state index contributed by atoms with van der Waals surface area (Å²) in [6, 6.07) is 6.01. The number of furan rings is 1. The van der Waals surface area contributed by atoms with E-state index >= 15 is 0 Å². The van der Waals surface area contributed by atoms with E-state index in [1.54, 1.807) is 18.2 Å². The van der Waals surface area contributed by atoms with Crippen LogP contribution in [0.3, 0.4) is 0 Å². The zero-order valence-corrected chi connectivity index (χ0v) is 12.0. The van der Waals surface area contributed by atoms with E-state index in [4.69, 9.17) is 8.97 Å². The molecule has 0 aliphatic rings. The topological polar surface area (TPSA) is 99.8 Å². The van der Waals surface area contributed by atoms with Crippen molar-refractivity contribution in [3.8, 4) is 5.95 Å². The molecule has 1 heterocycles. The molecule has 0 aliphatic carbocycles. The molecule has 0 fully saturated rings. The van der Waals surface area contributed by atoms with Crippen LogP contribution < -0.4 is 4.72 Å². The lowest BCUT2D eigenvalue weighted by molar-refractivity contribution is 0.346. The first-order valence-electron chi connectivity index (χ1n) is 6.22. The first kappa shape index (κ1) is 14.8. The van der Waals surface area contributed by atoms with E-state index < -0.39 is 16.3 Å². The van der Waals surface area contributed by atoms with Crippen LogP contribution in [0.4, 0.5) is 0 Å². The minimum atomic E-state index is -4.29. The Labute approximate surface area is 117 Å². The molecule has 0 radical (unpaired) electrons. The van der Waals surface area contributed by atoms with Gasteiger partial charge in [-0.25, -0.2) is 0 Å². The van der Waals surface area contributed by atoms with Gasteiger partial charge in [0, 0.05) is 17.5 Å². The normalized spacial score (nSPS) is 14.0. The van der Waals surface area contributed by atoms with E-state index in [9.17, 15) is 13.5 Å². The predicted octanol–water partition coefficient (Wildman–Crippen LogP) is 2.62. The van der Waals surface area contributed by atoms with Gasteiger partial charge in [-0.15, -0.1) is 0 Å². The van der Waals surface area contributed by atoms with Crippen LogP contribution in [-0.2, 0) is 10.3 Å². The Hall–Kier alpha value is -1.57. The highest BCUT2D eigenvalue weighted by Crippen LogP contribution is 2.29. The Kier molecular flexibility index (Phi) is 4.03. The summed E-state index contributed by atoms with van der Waals surface area (Å²) in [5, 5.41) is 9.97. The summed E-state index contributed by atoms with van der Waals surface area (Å²) in [4.78, 5) is 0. The Bertz CT molecular complexity index is 705. The first-order valence-corrected chi connectivity index (χ1v) is 7.66. The summed E-state index contributed by atoms with van der Waals surface area (Å²) >= 11 is 0. The molecule has 2 aromatic rings. The van der Waals surface area contributed by atoms with Crippen molar-refractivity contribution < 1.29 is 22.5 Å². The second kappa shape index (κ2) is 5.43. The van der Waals surface area contributed by atoms with Crippen molar-refractivity contribution in [3.05, 3.63) is 29.8 Å². The van der Waals surface area contributed by atoms with Crippen LogP contribution in [-0.4, -0.2) is 18.1 Å². The highest BCUT2D eigenvalue weighted by atomic mass is 32.2. The number of benzene rings is 1. The van der Waals surface area contributed by atoms with E-state index in [0.717, 1.165) is 0 Å². The Balaban J connectivity index is 2.38. The number of nitrogens with one attached hydrogen (secondary N) is 1. The van der Waals surface area contributed by atoms with Gasteiger partial charge in [0.15, 0.2) is 0 Å². The molecule has 3 N–H and O–H groups in total. The number of hydrogen-bond acceptors (Lipinski definition) is 4. The second-order valence-corrected chi connectivity index (χ2v) is 6.34. The Morgan fingerprint density at radius 3 is 2.60 bits per heavy atom. The monoisotopic (exact) mass is 299 g/mol. The lowest BCUT2D eigenvalue weighted by Crippen LogP contribution is -2.28. The van der Waals surface area contributed by atoms with E-state index in [1.165, 1.54) is 6.07 Å². The quantitative estimate of drug-likeness (QED) is 0.737. The van der Waals surface area contributed by atoms with Gasteiger partial charge < -0.3 is 9.52 Å². The van der Waals surface area contributed by atoms with Gasteiger partial charge >= 0.3 is 10.3 Å².